The monoisotopic (exact) mass is 524 g/mol. The van der Waals surface area contributed by atoms with Gasteiger partial charge in [0.05, 0.1) is 29.6 Å². The molecule has 3 heterocycles. The van der Waals surface area contributed by atoms with Crippen LogP contribution in [0.5, 0.6) is 11.5 Å². The van der Waals surface area contributed by atoms with Crippen LogP contribution in [-0.2, 0) is 0 Å². The second-order valence-electron chi connectivity index (χ2n) is 10.2. The van der Waals surface area contributed by atoms with Crippen molar-refractivity contribution in [1.29, 1.82) is 0 Å². The Hall–Kier alpha value is -3.84. The number of pyridine rings is 1. The van der Waals surface area contributed by atoms with E-state index in [2.05, 4.69) is 51.8 Å². The lowest BCUT2D eigenvalue weighted by molar-refractivity contribution is 0.210. The number of rotatable bonds is 6. The van der Waals surface area contributed by atoms with Crippen LogP contribution < -0.4 is 15.0 Å². The Kier molecular flexibility index (Phi) is 6.54. The number of phenolic OH excluding ortho intramolecular Hbond substituents is 1. The lowest BCUT2D eigenvalue weighted by atomic mass is 9.96. The summed E-state index contributed by atoms with van der Waals surface area (Å²) in [5.41, 5.74) is 5.90. The molecular formula is C31H32N4O2S. The average molecular weight is 525 g/mol. The fourth-order valence-corrected chi connectivity index (χ4v) is 6.29. The van der Waals surface area contributed by atoms with E-state index in [1.807, 2.05) is 54.7 Å². The van der Waals surface area contributed by atoms with Gasteiger partial charge in [0.1, 0.15) is 11.5 Å². The first kappa shape index (κ1) is 24.5. The zero-order valence-electron chi connectivity index (χ0n) is 21.7. The second kappa shape index (κ2) is 10.1. The maximum Gasteiger partial charge on any atom is 0.174 e. The molecule has 7 heteroatoms. The number of para-hydroxylation sites is 2. The van der Waals surface area contributed by atoms with Crippen molar-refractivity contribution in [2.75, 3.05) is 4.90 Å². The molecule has 0 amide bonds. The number of aryl methyl sites for hydroxylation is 1. The molecule has 2 fully saturated rings. The predicted octanol–water partition coefficient (Wildman–Crippen LogP) is 6.69. The highest BCUT2D eigenvalue weighted by atomic mass is 32.1. The third kappa shape index (κ3) is 4.41. The highest BCUT2D eigenvalue weighted by molar-refractivity contribution is 7.80. The largest absolute Gasteiger partial charge is 0.506 e. The van der Waals surface area contributed by atoms with Crippen LogP contribution in [0.3, 0.4) is 0 Å². The first-order chi connectivity index (χ1) is 18.5. The summed E-state index contributed by atoms with van der Waals surface area (Å²) in [6, 6.07) is 23.6. The topological polar surface area (TPSA) is 62.5 Å². The minimum absolute atomic E-state index is 0.134. The van der Waals surface area contributed by atoms with E-state index in [9.17, 15) is 5.11 Å². The Morgan fingerprint density at radius 1 is 0.974 bits per heavy atom. The predicted molar refractivity (Wildman–Crippen MR) is 154 cm³/mol. The fraction of sp³-hybridized carbons (Fsp3) is 0.290. The number of hydrogen-bond donors (Lipinski definition) is 2. The quantitative estimate of drug-likeness (QED) is 0.274. The van der Waals surface area contributed by atoms with Gasteiger partial charge in [-0.05, 0) is 112 Å². The molecule has 2 aliphatic rings. The molecule has 2 aromatic heterocycles. The summed E-state index contributed by atoms with van der Waals surface area (Å²) >= 11 is 5.93. The van der Waals surface area contributed by atoms with Gasteiger partial charge < -0.3 is 24.6 Å². The fourth-order valence-electron chi connectivity index (χ4n) is 5.94. The van der Waals surface area contributed by atoms with E-state index in [1.54, 1.807) is 6.07 Å². The highest BCUT2D eigenvalue weighted by Gasteiger charge is 2.42. The van der Waals surface area contributed by atoms with E-state index in [0.29, 0.717) is 11.2 Å². The van der Waals surface area contributed by atoms with Crippen molar-refractivity contribution in [3.8, 4) is 17.2 Å². The summed E-state index contributed by atoms with van der Waals surface area (Å²) in [6.07, 6.45) is 6.87. The van der Waals surface area contributed by atoms with Crippen molar-refractivity contribution in [1.82, 2.24) is 14.9 Å². The van der Waals surface area contributed by atoms with Crippen LogP contribution in [0, 0.1) is 13.8 Å². The molecule has 1 saturated heterocycles. The Morgan fingerprint density at radius 2 is 1.71 bits per heavy atom. The number of thiocarbonyl (C=S) groups is 1. The number of ether oxygens (including phenoxy) is 1. The van der Waals surface area contributed by atoms with E-state index < -0.39 is 0 Å². The van der Waals surface area contributed by atoms with Crippen LogP contribution in [0.2, 0.25) is 0 Å². The van der Waals surface area contributed by atoms with E-state index in [4.69, 9.17) is 17.0 Å². The van der Waals surface area contributed by atoms with Gasteiger partial charge in [0, 0.05) is 23.3 Å². The highest BCUT2D eigenvalue weighted by Crippen LogP contribution is 2.44. The van der Waals surface area contributed by atoms with Gasteiger partial charge in [-0.2, -0.15) is 0 Å². The van der Waals surface area contributed by atoms with Crippen LogP contribution in [0.4, 0.5) is 5.69 Å². The van der Waals surface area contributed by atoms with Crippen molar-refractivity contribution in [2.24, 2.45) is 0 Å². The summed E-state index contributed by atoms with van der Waals surface area (Å²) < 4.78 is 8.33. The van der Waals surface area contributed by atoms with Crippen LogP contribution in [0.25, 0.3) is 5.69 Å². The Morgan fingerprint density at radius 3 is 2.42 bits per heavy atom. The second-order valence-corrected chi connectivity index (χ2v) is 10.6. The molecule has 2 N–H and O–H groups in total. The molecule has 6 nitrogen and oxygen atoms in total. The molecule has 2 aromatic carbocycles. The molecule has 1 saturated carbocycles. The normalized spacial score (nSPS) is 19.6. The van der Waals surface area contributed by atoms with Gasteiger partial charge in [-0.15, -0.1) is 0 Å². The van der Waals surface area contributed by atoms with Gasteiger partial charge >= 0.3 is 0 Å². The summed E-state index contributed by atoms with van der Waals surface area (Å²) in [4.78, 5) is 6.87. The molecule has 1 aliphatic heterocycles. The minimum Gasteiger partial charge on any atom is -0.506 e. The summed E-state index contributed by atoms with van der Waals surface area (Å²) in [6.45, 7) is 4.17. The van der Waals surface area contributed by atoms with Crippen LogP contribution in [0.1, 0.15) is 60.4 Å². The third-order valence-corrected chi connectivity index (χ3v) is 8.04. The molecule has 0 radical (unpaired) electrons. The van der Waals surface area contributed by atoms with Crippen molar-refractivity contribution in [2.45, 2.75) is 57.7 Å². The number of aromatic nitrogens is 2. The number of benzene rings is 2. The molecule has 0 spiro atoms. The molecule has 6 rings (SSSR count). The van der Waals surface area contributed by atoms with Crippen LogP contribution in [-0.4, -0.2) is 25.9 Å². The smallest absolute Gasteiger partial charge is 0.174 e. The molecule has 1 aliphatic carbocycles. The van der Waals surface area contributed by atoms with Gasteiger partial charge in [0.15, 0.2) is 5.11 Å². The van der Waals surface area contributed by atoms with Crippen LogP contribution in [0.15, 0.2) is 79.0 Å². The SMILES string of the molecule is Cc1cc([C@H]2[C@H](c3ccccn3)NC(=S)N2c2ccc(OC3CCCC3)cc2)c(C)n1-c1ccccc1O. The summed E-state index contributed by atoms with van der Waals surface area (Å²) in [5, 5.41) is 14.8. The third-order valence-electron chi connectivity index (χ3n) is 7.73. The maximum atomic E-state index is 10.6. The molecule has 38 heavy (non-hydrogen) atoms. The lowest BCUT2D eigenvalue weighted by Crippen LogP contribution is -2.29. The maximum absolute atomic E-state index is 10.6. The van der Waals surface area contributed by atoms with Gasteiger partial charge in [-0.3, -0.25) is 4.98 Å². The van der Waals surface area contributed by atoms with Crippen molar-refractivity contribution in [3.63, 3.8) is 0 Å². The van der Waals surface area contributed by atoms with E-state index >= 15 is 0 Å². The first-order valence-electron chi connectivity index (χ1n) is 13.3. The zero-order chi connectivity index (χ0) is 26.2. The summed E-state index contributed by atoms with van der Waals surface area (Å²) in [5.74, 6) is 1.14. The Balaban J connectivity index is 1.42. The number of anilines is 1. The number of hydrogen-bond acceptors (Lipinski definition) is 4. The van der Waals surface area contributed by atoms with Gasteiger partial charge in [0.25, 0.3) is 0 Å². The minimum atomic E-state index is -0.142. The van der Waals surface area contributed by atoms with Gasteiger partial charge in [0.2, 0.25) is 0 Å². The zero-order valence-corrected chi connectivity index (χ0v) is 22.5. The molecule has 0 unspecified atom stereocenters. The molecule has 2 atom stereocenters. The molecule has 194 valence electrons. The van der Waals surface area contributed by atoms with Crippen LogP contribution >= 0.6 is 12.2 Å². The van der Waals surface area contributed by atoms with Crippen molar-refractivity contribution < 1.29 is 9.84 Å². The van der Waals surface area contributed by atoms with Gasteiger partial charge in [-0.25, -0.2) is 0 Å². The van der Waals surface area contributed by atoms with E-state index in [0.717, 1.165) is 52.6 Å². The van der Waals surface area contributed by atoms with Crippen molar-refractivity contribution in [3.05, 3.63) is 102 Å². The average Bonchev–Trinajstić information content (AvgIpc) is 3.63. The molecule has 4 aromatic rings. The lowest BCUT2D eigenvalue weighted by Gasteiger charge is -2.28. The number of nitrogens with zero attached hydrogens (tertiary/aromatic N) is 3. The van der Waals surface area contributed by atoms with E-state index in [1.165, 1.54) is 12.8 Å². The van der Waals surface area contributed by atoms with Gasteiger partial charge in [-0.1, -0.05) is 18.2 Å². The van der Waals surface area contributed by atoms with E-state index in [-0.39, 0.29) is 17.8 Å². The molecule has 0 bridgehead atoms. The first-order valence-corrected chi connectivity index (χ1v) is 13.7. The number of nitrogens with one attached hydrogen (secondary N) is 1. The Labute approximate surface area is 228 Å². The van der Waals surface area contributed by atoms with Crippen molar-refractivity contribution >= 4 is 23.0 Å². The summed E-state index contributed by atoms with van der Waals surface area (Å²) in [7, 11) is 0. The number of phenols is 1. The Bertz CT molecular complexity index is 1440. The molecular weight excluding hydrogens is 492 g/mol. The number of aromatic hydroxyl groups is 1. The standard InChI is InChI=1S/C31H32N4O2S/c1-20-19-25(21(2)34(20)27-12-5-6-13-28(27)36)30-29(26-11-7-8-18-32-26)33-31(38)35(30)22-14-16-24(17-15-22)37-23-9-3-4-10-23/h5-8,11-19,23,29-30,36H,3-4,9-10H2,1-2H3,(H,33,38)/t29-,30-/m0/s1.